The number of fused-ring (bicyclic) bond motifs is 1. The van der Waals surface area contributed by atoms with Crippen LogP contribution >= 0.6 is 11.6 Å². The van der Waals surface area contributed by atoms with Gasteiger partial charge in [-0.25, -0.2) is 4.98 Å². The van der Waals surface area contributed by atoms with Gasteiger partial charge in [-0.2, -0.15) is 0 Å². The Morgan fingerprint density at radius 1 is 1.24 bits per heavy atom. The van der Waals surface area contributed by atoms with Crippen molar-refractivity contribution in [1.29, 1.82) is 0 Å². The monoisotopic (exact) mass is 470 g/mol. The predicted octanol–water partition coefficient (Wildman–Crippen LogP) is 4.23. The first-order valence-corrected chi connectivity index (χ1v) is 12.8. The second-order valence-electron chi connectivity index (χ2n) is 10.6. The van der Waals surface area contributed by atoms with Gasteiger partial charge in [0.2, 0.25) is 0 Å². The SMILES string of the molecule is C[C@H]1CCCC(O)(CNC(=O)c2c(Cl)ccc3nc(N4CCC(N(C)C5CC5)C4)ccc23)C1. The van der Waals surface area contributed by atoms with E-state index in [0.29, 0.717) is 29.0 Å². The summed E-state index contributed by atoms with van der Waals surface area (Å²) in [5.41, 5.74) is 0.370. The van der Waals surface area contributed by atoms with Gasteiger partial charge >= 0.3 is 0 Å². The number of carbonyl (C=O) groups is 1. The summed E-state index contributed by atoms with van der Waals surface area (Å²) in [5.74, 6) is 1.17. The number of hydrogen-bond acceptors (Lipinski definition) is 5. The van der Waals surface area contributed by atoms with E-state index in [2.05, 4.69) is 29.1 Å². The zero-order valence-corrected chi connectivity index (χ0v) is 20.4. The van der Waals surface area contributed by atoms with E-state index in [1.165, 1.54) is 12.8 Å². The van der Waals surface area contributed by atoms with Gasteiger partial charge in [0.15, 0.2) is 0 Å². The van der Waals surface area contributed by atoms with Gasteiger partial charge in [0.05, 0.1) is 21.7 Å². The van der Waals surface area contributed by atoms with Gasteiger partial charge in [-0.3, -0.25) is 9.69 Å². The Kier molecular flexibility index (Phi) is 6.27. The van der Waals surface area contributed by atoms with Crippen LogP contribution in [0.4, 0.5) is 5.82 Å². The number of likely N-dealkylation sites (N-methyl/N-ethyl adjacent to an activating group) is 1. The van der Waals surface area contributed by atoms with E-state index in [4.69, 9.17) is 16.6 Å². The van der Waals surface area contributed by atoms with E-state index in [-0.39, 0.29) is 12.5 Å². The molecule has 2 aliphatic carbocycles. The summed E-state index contributed by atoms with van der Waals surface area (Å²) in [7, 11) is 2.25. The molecule has 5 rings (SSSR count). The molecular weight excluding hydrogens is 436 g/mol. The molecule has 7 heteroatoms. The fraction of sp³-hybridized carbons (Fsp3) is 0.615. The highest BCUT2D eigenvalue weighted by Gasteiger charge is 2.35. The third kappa shape index (κ3) is 4.84. The number of aliphatic hydroxyl groups is 1. The van der Waals surface area contributed by atoms with E-state index < -0.39 is 5.60 Å². The van der Waals surface area contributed by atoms with Crippen molar-refractivity contribution in [2.24, 2.45) is 5.92 Å². The minimum absolute atomic E-state index is 0.248. The predicted molar refractivity (Wildman–Crippen MR) is 133 cm³/mol. The molecule has 1 aromatic carbocycles. The average molecular weight is 471 g/mol. The minimum atomic E-state index is -0.838. The Bertz CT molecular complexity index is 1040. The van der Waals surface area contributed by atoms with Crippen molar-refractivity contribution >= 4 is 34.2 Å². The van der Waals surface area contributed by atoms with Gasteiger partial charge in [0.25, 0.3) is 5.91 Å². The van der Waals surface area contributed by atoms with Crippen LogP contribution in [0.2, 0.25) is 5.02 Å². The molecule has 33 heavy (non-hydrogen) atoms. The Morgan fingerprint density at radius 3 is 2.82 bits per heavy atom. The largest absolute Gasteiger partial charge is 0.388 e. The number of pyridine rings is 1. The standard InChI is InChI=1S/C26H35ClN4O2/c1-17-4-3-12-26(33,14-17)16-28-25(32)24-20-7-10-23(29-22(20)9-8-21(24)27)31-13-11-19(15-31)30(2)18-5-6-18/h7-10,17-19,33H,3-6,11-16H2,1-2H3,(H,28,32)/t17-,19?,26?/m0/s1. The quantitative estimate of drug-likeness (QED) is 0.661. The Labute approximate surface area is 201 Å². The molecule has 1 aliphatic heterocycles. The second-order valence-corrected chi connectivity index (χ2v) is 11.0. The van der Waals surface area contributed by atoms with Crippen molar-refractivity contribution in [3.63, 3.8) is 0 Å². The van der Waals surface area contributed by atoms with E-state index in [1.54, 1.807) is 6.07 Å². The maximum atomic E-state index is 13.1. The molecule has 3 aliphatic rings. The lowest BCUT2D eigenvalue weighted by Crippen LogP contribution is -2.45. The normalized spacial score (nSPS) is 28.0. The first-order chi connectivity index (χ1) is 15.8. The summed E-state index contributed by atoms with van der Waals surface area (Å²) >= 11 is 6.47. The molecule has 2 heterocycles. The first-order valence-electron chi connectivity index (χ1n) is 12.4. The third-order valence-corrected chi connectivity index (χ3v) is 8.18. The third-order valence-electron chi connectivity index (χ3n) is 7.86. The molecule has 1 amide bonds. The van der Waals surface area contributed by atoms with Gasteiger partial charge in [-0.15, -0.1) is 0 Å². The number of amides is 1. The molecule has 3 fully saturated rings. The zero-order chi connectivity index (χ0) is 23.2. The number of anilines is 1. The van der Waals surface area contributed by atoms with Gasteiger partial charge < -0.3 is 15.3 Å². The van der Waals surface area contributed by atoms with E-state index in [1.807, 2.05) is 18.2 Å². The van der Waals surface area contributed by atoms with Crippen molar-refractivity contribution in [3.8, 4) is 0 Å². The Balaban J connectivity index is 1.32. The molecule has 2 unspecified atom stereocenters. The molecule has 1 aromatic heterocycles. The topological polar surface area (TPSA) is 68.7 Å². The number of carbonyl (C=O) groups excluding carboxylic acids is 1. The highest BCUT2D eigenvalue weighted by molar-refractivity contribution is 6.35. The molecule has 2 aromatic rings. The van der Waals surface area contributed by atoms with Crippen molar-refractivity contribution in [3.05, 3.63) is 34.9 Å². The summed E-state index contributed by atoms with van der Waals surface area (Å²) in [6.07, 6.45) is 7.36. The van der Waals surface area contributed by atoms with Crippen LogP contribution in [0, 0.1) is 5.92 Å². The fourth-order valence-corrected chi connectivity index (χ4v) is 6.01. The van der Waals surface area contributed by atoms with Gasteiger partial charge in [0.1, 0.15) is 5.82 Å². The number of nitrogens with one attached hydrogen (secondary N) is 1. The molecule has 2 N–H and O–H groups in total. The van der Waals surface area contributed by atoms with Gasteiger partial charge in [-0.1, -0.05) is 31.4 Å². The van der Waals surface area contributed by atoms with Crippen molar-refractivity contribution < 1.29 is 9.90 Å². The number of hydrogen-bond donors (Lipinski definition) is 2. The lowest BCUT2D eigenvalue weighted by Gasteiger charge is -2.35. The molecule has 1 saturated heterocycles. The summed E-state index contributed by atoms with van der Waals surface area (Å²) in [6.45, 7) is 4.39. The van der Waals surface area contributed by atoms with Crippen LogP contribution < -0.4 is 10.2 Å². The molecule has 3 atom stereocenters. The molecule has 0 radical (unpaired) electrons. The zero-order valence-electron chi connectivity index (χ0n) is 19.7. The van der Waals surface area contributed by atoms with E-state index in [9.17, 15) is 9.90 Å². The number of aromatic nitrogens is 1. The maximum Gasteiger partial charge on any atom is 0.253 e. The van der Waals surface area contributed by atoms with Crippen molar-refractivity contribution in [2.45, 2.75) is 69.6 Å². The Hall–Kier alpha value is -1.89. The fourth-order valence-electron chi connectivity index (χ4n) is 5.76. The second kappa shape index (κ2) is 9.05. The lowest BCUT2D eigenvalue weighted by atomic mass is 9.79. The van der Waals surface area contributed by atoms with Crippen LogP contribution in [0.5, 0.6) is 0 Å². The summed E-state index contributed by atoms with van der Waals surface area (Å²) in [6, 6.07) is 8.95. The minimum Gasteiger partial charge on any atom is -0.388 e. The summed E-state index contributed by atoms with van der Waals surface area (Å²) in [5, 5.41) is 15.0. The number of rotatable bonds is 6. The summed E-state index contributed by atoms with van der Waals surface area (Å²) in [4.78, 5) is 22.9. The molecule has 2 saturated carbocycles. The van der Waals surface area contributed by atoms with Crippen molar-refractivity contribution in [1.82, 2.24) is 15.2 Å². The van der Waals surface area contributed by atoms with Crippen LogP contribution in [0.1, 0.15) is 62.2 Å². The first kappa shape index (κ1) is 22.9. The van der Waals surface area contributed by atoms with Gasteiger partial charge in [-0.05, 0) is 69.3 Å². The highest BCUT2D eigenvalue weighted by atomic mass is 35.5. The lowest BCUT2D eigenvalue weighted by molar-refractivity contribution is -0.0109. The maximum absolute atomic E-state index is 13.1. The van der Waals surface area contributed by atoms with Crippen LogP contribution in [0.25, 0.3) is 10.9 Å². The molecule has 0 spiro atoms. The molecule has 0 bridgehead atoms. The van der Waals surface area contributed by atoms with Gasteiger partial charge in [0, 0.05) is 37.1 Å². The average Bonchev–Trinajstić information content (AvgIpc) is 3.53. The smallest absolute Gasteiger partial charge is 0.253 e. The van der Waals surface area contributed by atoms with Crippen LogP contribution in [-0.2, 0) is 0 Å². The number of halogens is 1. The van der Waals surface area contributed by atoms with Crippen LogP contribution in [-0.4, -0.2) is 65.3 Å². The summed E-state index contributed by atoms with van der Waals surface area (Å²) < 4.78 is 0. The van der Waals surface area contributed by atoms with E-state index >= 15 is 0 Å². The van der Waals surface area contributed by atoms with Crippen molar-refractivity contribution in [2.75, 3.05) is 31.6 Å². The highest BCUT2D eigenvalue weighted by Crippen LogP contribution is 2.34. The molecular formula is C26H35ClN4O2. The number of nitrogens with zero attached hydrogens (tertiary/aromatic N) is 3. The van der Waals surface area contributed by atoms with Crippen LogP contribution in [0.3, 0.4) is 0 Å². The molecule has 6 nitrogen and oxygen atoms in total. The number of benzene rings is 1. The molecule has 178 valence electrons. The van der Waals surface area contributed by atoms with Crippen LogP contribution in [0.15, 0.2) is 24.3 Å². The Morgan fingerprint density at radius 2 is 2.06 bits per heavy atom. The van der Waals surface area contributed by atoms with E-state index in [0.717, 1.165) is 61.5 Å².